The summed E-state index contributed by atoms with van der Waals surface area (Å²) in [6.07, 6.45) is 2.16. The van der Waals surface area contributed by atoms with Crippen LogP contribution >= 0.6 is 0 Å². The fourth-order valence-corrected chi connectivity index (χ4v) is 4.26. The Kier molecular flexibility index (Phi) is 6.76. The molecule has 0 aliphatic carbocycles. The Balaban J connectivity index is 1.88. The van der Waals surface area contributed by atoms with Crippen molar-refractivity contribution in [1.29, 1.82) is 0 Å². The summed E-state index contributed by atoms with van der Waals surface area (Å²) in [5, 5.41) is 3.62. The minimum Gasteiger partial charge on any atom is -0.497 e. The van der Waals surface area contributed by atoms with E-state index in [1.807, 2.05) is 12.1 Å². The SMILES string of the molecule is CN[C@](C)(c1ccccc1C)c1ccccc1[C@H](C)CCc1ccc(OC)cc1. The highest BCUT2D eigenvalue weighted by atomic mass is 16.5. The lowest BCUT2D eigenvalue weighted by atomic mass is 9.77. The van der Waals surface area contributed by atoms with Gasteiger partial charge in [0.1, 0.15) is 5.75 Å². The number of nitrogens with one attached hydrogen (secondary N) is 1. The summed E-state index contributed by atoms with van der Waals surface area (Å²) in [6.45, 7) is 6.83. The summed E-state index contributed by atoms with van der Waals surface area (Å²) in [4.78, 5) is 0. The zero-order chi connectivity index (χ0) is 20.9. The van der Waals surface area contributed by atoms with Crippen LogP contribution in [0.25, 0.3) is 0 Å². The lowest BCUT2D eigenvalue weighted by molar-refractivity contribution is 0.414. The normalized spacial score (nSPS) is 14.2. The lowest BCUT2D eigenvalue weighted by Gasteiger charge is -2.35. The molecule has 1 N–H and O–H groups in total. The van der Waals surface area contributed by atoms with E-state index in [0.29, 0.717) is 5.92 Å². The third-order valence-electron chi connectivity index (χ3n) is 6.24. The topological polar surface area (TPSA) is 21.3 Å². The number of rotatable bonds is 8. The van der Waals surface area contributed by atoms with Gasteiger partial charge in [-0.3, -0.25) is 0 Å². The van der Waals surface area contributed by atoms with E-state index >= 15 is 0 Å². The van der Waals surface area contributed by atoms with Crippen LogP contribution in [0.4, 0.5) is 0 Å². The van der Waals surface area contributed by atoms with Gasteiger partial charge < -0.3 is 10.1 Å². The van der Waals surface area contributed by atoms with Crippen LogP contribution in [-0.2, 0) is 12.0 Å². The molecule has 2 heteroatoms. The van der Waals surface area contributed by atoms with Gasteiger partial charge in [-0.25, -0.2) is 0 Å². The molecule has 0 saturated carbocycles. The van der Waals surface area contributed by atoms with E-state index in [2.05, 4.69) is 93.8 Å². The Morgan fingerprint density at radius 2 is 1.52 bits per heavy atom. The van der Waals surface area contributed by atoms with Crippen molar-refractivity contribution < 1.29 is 4.74 Å². The fraction of sp³-hybridized carbons (Fsp3) is 0.333. The van der Waals surface area contributed by atoms with Gasteiger partial charge in [0.2, 0.25) is 0 Å². The number of methoxy groups -OCH3 is 1. The quantitative estimate of drug-likeness (QED) is 0.495. The van der Waals surface area contributed by atoms with Crippen molar-refractivity contribution in [3.63, 3.8) is 0 Å². The van der Waals surface area contributed by atoms with Crippen LogP contribution < -0.4 is 10.1 Å². The second-order valence-electron chi connectivity index (χ2n) is 8.06. The van der Waals surface area contributed by atoms with Crippen molar-refractivity contribution in [1.82, 2.24) is 5.32 Å². The van der Waals surface area contributed by atoms with Crippen molar-refractivity contribution in [2.45, 2.75) is 45.1 Å². The van der Waals surface area contributed by atoms with Crippen LogP contribution in [0.15, 0.2) is 72.8 Å². The highest BCUT2D eigenvalue weighted by Crippen LogP contribution is 2.37. The Labute approximate surface area is 175 Å². The van der Waals surface area contributed by atoms with E-state index in [9.17, 15) is 0 Å². The molecule has 152 valence electrons. The predicted molar refractivity (Wildman–Crippen MR) is 123 cm³/mol. The molecule has 0 bridgehead atoms. The monoisotopic (exact) mass is 387 g/mol. The molecule has 29 heavy (non-hydrogen) atoms. The van der Waals surface area contributed by atoms with E-state index in [1.54, 1.807) is 7.11 Å². The maximum Gasteiger partial charge on any atom is 0.118 e. The predicted octanol–water partition coefficient (Wildman–Crippen LogP) is 6.22. The van der Waals surface area contributed by atoms with E-state index in [-0.39, 0.29) is 5.54 Å². The molecule has 0 amide bonds. The number of benzene rings is 3. The zero-order valence-electron chi connectivity index (χ0n) is 18.3. The minimum atomic E-state index is -0.226. The van der Waals surface area contributed by atoms with Crippen LogP contribution in [0.3, 0.4) is 0 Å². The summed E-state index contributed by atoms with van der Waals surface area (Å²) < 4.78 is 5.27. The number of hydrogen-bond acceptors (Lipinski definition) is 2. The third kappa shape index (κ3) is 4.54. The molecule has 2 nitrogen and oxygen atoms in total. The second-order valence-corrected chi connectivity index (χ2v) is 8.06. The van der Waals surface area contributed by atoms with Crippen LogP contribution in [0.2, 0.25) is 0 Å². The van der Waals surface area contributed by atoms with Gasteiger partial charge >= 0.3 is 0 Å². The first kappa shape index (κ1) is 21.1. The molecule has 3 aromatic carbocycles. The van der Waals surface area contributed by atoms with Crippen LogP contribution in [-0.4, -0.2) is 14.2 Å². The molecule has 0 aliphatic rings. The zero-order valence-corrected chi connectivity index (χ0v) is 18.3. The summed E-state index contributed by atoms with van der Waals surface area (Å²) in [7, 11) is 3.77. The van der Waals surface area contributed by atoms with Gasteiger partial charge in [0.05, 0.1) is 12.6 Å². The van der Waals surface area contributed by atoms with E-state index in [0.717, 1.165) is 18.6 Å². The van der Waals surface area contributed by atoms with Crippen LogP contribution in [0.1, 0.15) is 54.0 Å². The maximum atomic E-state index is 5.27. The molecule has 0 aromatic heterocycles. The van der Waals surface area contributed by atoms with Crippen molar-refractivity contribution in [3.8, 4) is 5.75 Å². The molecular weight excluding hydrogens is 354 g/mol. The molecule has 2 atom stereocenters. The highest BCUT2D eigenvalue weighted by Gasteiger charge is 2.31. The summed E-state index contributed by atoms with van der Waals surface area (Å²) in [6, 6.07) is 26.0. The fourth-order valence-electron chi connectivity index (χ4n) is 4.26. The summed E-state index contributed by atoms with van der Waals surface area (Å²) in [5.74, 6) is 1.38. The molecule has 3 aromatic rings. The number of aryl methyl sites for hydroxylation is 2. The first-order valence-electron chi connectivity index (χ1n) is 10.5. The molecule has 0 saturated heterocycles. The largest absolute Gasteiger partial charge is 0.497 e. The molecular formula is C27H33NO. The van der Waals surface area contributed by atoms with Gasteiger partial charge in [-0.15, -0.1) is 0 Å². The first-order chi connectivity index (χ1) is 14.0. The van der Waals surface area contributed by atoms with Crippen molar-refractivity contribution in [3.05, 3.63) is 101 Å². The Bertz CT molecular complexity index is 931. The Morgan fingerprint density at radius 3 is 2.14 bits per heavy atom. The average molecular weight is 388 g/mol. The van der Waals surface area contributed by atoms with Gasteiger partial charge in [0.15, 0.2) is 0 Å². The van der Waals surface area contributed by atoms with Crippen LogP contribution in [0, 0.1) is 6.92 Å². The van der Waals surface area contributed by atoms with Gasteiger partial charge in [0, 0.05) is 0 Å². The molecule has 0 radical (unpaired) electrons. The third-order valence-corrected chi connectivity index (χ3v) is 6.24. The summed E-state index contributed by atoms with van der Waals surface area (Å²) in [5.41, 5.74) is 6.55. The van der Waals surface area contributed by atoms with Gasteiger partial charge in [-0.2, -0.15) is 0 Å². The maximum absolute atomic E-state index is 5.27. The molecule has 0 unspecified atom stereocenters. The first-order valence-corrected chi connectivity index (χ1v) is 10.5. The van der Waals surface area contributed by atoms with E-state index < -0.39 is 0 Å². The van der Waals surface area contributed by atoms with Gasteiger partial charge in [0.25, 0.3) is 0 Å². The highest BCUT2D eigenvalue weighted by molar-refractivity contribution is 5.46. The van der Waals surface area contributed by atoms with E-state index in [4.69, 9.17) is 4.74 Å². The van der Waals surface area contributed by atoms with Crippen molar-refractivity contribution in [2.75, 3.05) is 14.2 Å². The molecule has 0 fully saturated rings. The van der Waals surface area contributed by atoms with Gasteiger partial charge in [-0.05, 0) is 79.6 Å². The van der Waals surface area contributed by atoms with Crippen LogP contribution in [0.5, 0.6) is 5.75 Å². The number of ether oxygens (including phenoxy) is 1. The van der Waals surface area contributed by atoms with Crippen molar-refractivity contribution >= 4 is 0 Å². The summed E-state index contributed by atoms with van der Waals surface area (Å²) >= 11 is 0. The second kappa shape index (κ2) is 9.28. The minimum absolute atomic E-state index is 0.226. The molecule has 3 rings (SSSR count). The Morgan fingerprint density at radius 1 is 0.897 bits per heavy atom. The molecule has 0 heterocycles. The van der Waals surface area contributed by atoms with Gasteiger partial charge in [-0.1, -0.05) is 67.6 Å². The molecule has 0 spiro atoms. The molecule has 0 aliphatic heterocycles. The van der Waals surface area contributed by atoms with E-state index in [1.165, 1.54) is 27.8 Å². The lowest BCUT2D eigenvalue weighted by Crippen LogP contribution is -2.39. The van der Waals surface area contributed by atoms with Crippen molar-refractivity contribution in [2.24, 2.45) is 0 Å². The smallest absolute Gasteiger partial charge is 0.118 e. The Hall–Kier alpha value is -2.58. The average Bonchev–Trinajstić information content (AvgIpc) is 2.77. The number of hydrogen-bond donors (Lipinski definition) is 1. The standard InChI is InChI=1S/C27H33NO/c1-20(14-15-22-16-18-23(29-5)19-17-22)24-11-7-9-13-26(24)27(3,28-4)25-12-8-6-10-21(25)2/h6-13,16-20,28H,14-15H2,1-5H3/t20-,27-/m1/s1.